The maximum atomic E-state index is 13.5. The quantitative estimate of drug-likeness (QED) is 0.472. The second-order valence-corrected chi connectivity index (χ2v) is 5.94. The van der Waals surface area contributed by atoms with E-state index in [9.17, 15) is 13.2 Å². The van der Waals surface area contributed by atoms with Crippen molar-refractivity contribution in [3.8, 4) is 11.1 Å². The van der Waals surface area contributed by atoms with Crippen LogP contribution in [0.15, 0.2) is 66.7 Å². The van der Waals surface area contributed by atoms with Crippen molar-refractivity contribution >= 4 is 0 Å². The van der Waals surface area contributed by atoms with E-state index in [-0.39, 0.29) is 17.8 Å². The van der Waals surface area contributed by atoms with Crippen molar-refractivity contribution in [2.75, 3.05) is 0 Å². The Morgan fingerprint density at radius 1 is 0.680 bits per heavy atom. The SMILES string of the molecule is Fc1ccc(-c2ccc(CC[CH]Cc3c(F)cccc3F)cc2)cc1. The highest BCUT2D eigenvalue weighted by Crippen LogP contribution is 2.21. The molecule has 0 aliphatic carbocycles. The van der Waals surface area contributed by atoms with Gasteiger partial charge in [-0.15, -0.1) is 0 Å². The number of unbranched alkanes of at least 4 members (excludes halogenated alkanes) is 1. The van der Waals surface area contributed by atoms with Gasteiger partial charge in [0.2, 0.25) is 0 Å². The van der Waals surface area contributed by atoms with E-state index in [2.05, 4.69) is 0 Å². The highest BCUT2D eigenvalue weighted by molar-refractivity contribution is 5.63. The van der Waals surface area contributed by atoms with Gasteiger partial charge in [0.15, 0.2) is 0 Å². The zero-order chi connectivity index (χ0) is 17.6. The molecule has 0 fully saturated rings. The molecule has 0 aliphatic rings. The summed E-state index contributed by atoms with van der Waals surface area (Å²) in [5, 5.41) is 0. The minimum absolute atomic E-state index is 0.120. The van der Waals surface area contributed by atoms with Crippen molar-refractivity contribution in [2.45, 2.75) is 19.3 Å². The maximum Gasteiger partial charge on any atom is 0.129 e. The number of hydrogen-bond donors (Lipinski definition) is 0. The Morgan fingerprint density at radius 2 is 1.24 bits per heavy atom. The van der Waals surface area contributed by atoms with Gasteiger partial charge in [-0.05, 0) is 66.6 Å². The van der Waals surface area contributed by atoms with Crippen LogP contribution in [0.5, 0.6) is 0 Å². The maximum absolute atomic E-state index is 13.5. The number of aryl methyl sites for hydroxylation is 1. The van der Waals surface area contributed by atoms with Gasteiger partial charge < -0.3 is 0 Å². The molecule has 0 N–H and O–H groups in total. The monoisotopic (exact) mass is 339 g/mol. The molecule has 3 aromatic rings. The second kappa shape index (κ2) is 8.02. The molecule has 1 radical (unpaired) electrons. The molecule has 3 rings (SSSR count). The van der Waals surface area contributed by atoms with Gasteiger partial charge in [-0.1, -0.05) is 42.5 Å². The van der Waals surface area contributed by atoms with Crippen molar-refractivity contribution in [1.82, 2.24) is 0 Å². The Labute approximate surface area is 146 Å². The molecule has 0 aromatic heterocycles. The summed E-state index contributed by atoms with van der Waals surface area (Å²) in [6.45, 7) is 0. The van der Waals surface area contributed by atoms with E-state index in [0.29, 0.717) is 0 Å². The molecule has 0 spiro atoms. The Morgan fingerprint density at radius 3 is 1.84 bits per heavy atom. The molecular weight excluding hydrogens is 321 g/mol. The standard InChI is InChI=1S/C22H18F3/c23-19-14-12-18(13-15-19)17-10-8-16(9-11-17)4-1-2-5-20-21(24)6-3-7-22(20)25/h2-3,6-15H,1,4-5H2. The van der Waals surface area contributed by atoms with Crippen molar-refractivity contribution < 1.29 is 13.2 Å². The molecule has 0 aliphatic heterocycles. The topological polar surface area (TPSA) is 0 Å². The van der Waals surface area contributed by atoms with Gasteiger partial charge in [-0.3, -0.25) is 0 Å². The van der Waals surface area contributed by atoms with Gasteiger partial charge in [0, 0.05) is 5.56 Å². The molecule has 0 unspecified atom stereocenters. The number of rotatable bonds is 6. The van der Waals surface area contributed by atoms with Crippen LogP contribution < -0.4 is 0 Å². The van der Waals surface area contributed by atoms with Gasteiger partial charge in [0.1, 0.15) is 17.5 Å². The van der Waals surface area contributed by atoms with Crippen LogP contribution in [0.1, 0.15) is 17.5 Å². The predicted octanol–water partition coefficient (Wildman–Crippen LogP) is 6.15. The van der Waals surface area contributed by atoms with Crippen LogP contribution in [0.2, 0.25) is 0 Å². The van der Waals surface area contributed by atoms with E-state index in [4.69, 9.17) is 0 Å². The third-order valence-corrected chi connectivity index (χ3v) is 4.18. The fraction of sp³-hybridized carbons (Fsp3) is 0.136. The number of benzene rings is 3. The van der Waals surface area contributed by atoms with E-state index in [1.54, 1.807) is 12.1 Å². The van der Waals surface area contributed by atoms with E-state index >= 15 is 0 Å². The first-order valence-corrected chi connectivity index (χ1v) is 8.23. The van der Waals surface area contributed by atoms with Crippen LogP contribution in [-0.4, -0.2) is 0 Å². The largest absolute Gasteiger partial charge is 0.207 e. The average molecular weight is 339 g/mol. The summed E-state index contributed by atoms with van der Waals surface area (Å²) in [7, 11) is 0. The fourth-order valence-corrected chi connectivity index (χ4v) is 2.75. The van der Waals surface area contributed by atoms with Gasteiger partial charge in [0.05, 0.1) is 0 Å². The molecular formula is C22H18F3. The first-order chi connectivity index (χ1) is 12.1. The molecule has 3 aromatic carbocycles. The van der Waals surface area contributed by atoms with E-state index in [1.165, 1.54) is 30.3 Å². The summed E-state index contributed by atoms with van der Waals surface area (Å²) < 4.78 is 40.1. The lowest BCUT2D eigenvalue weighted by Crippen LogP contribution is -1.97. The fourth-order valence-electron chi connectivity index (χ4n) is 2.75. The molecule has 0 heterocycles. The lowest BCUT2D eigenvalue weighted by Gasteiger charge is -2.06. The van der Waals surface area contributed by atoms with Crippen LogP contribution in [0, 0.1) is 23.9 Å². The lowest BCUT2D eigenvalue weighted by molar-refractivity contribution is 0.558. The molecule has 3 heteroatoms. The van der Waals surface area contributed by atoms with Crippen LogP contribution in [0.4, 0.5) is 13.2 Å². The van der Waals surface area contributed by atoms with Gasteiger partial charge in [-0.25, -0.2) is 13.2 Å². The summed E-state index contributed by atoms with van der Waals surface area (Å²) in [5.74, 6) is -1.25. The summed E-state index contributed by atoms with van der Waals surface area (Å²) in [6.07, 6.45) is 3.73. The normalized spacial score (nSPS) is 10.8. The molecule has 25 heavy (non-hydrogen) atoms. The summed E-state index contributed by atoms with van der Waals surface area (Å²) >= 11 is 0. The molecule has 0 nitrogen and oxygen atoms in total. The molecule has 0 atom stereocenters. The smallest absolute Gasteiger partial charge is 0.129 e. The molecule has 0 saturated heterocycles. The van der Waals surface area contributed by atoms with Crippen LogP contribution >= 0.6 is 0 Å². The Hall–Kier alpha value is -2.55. The number of halogens is 3. The highest BCUT2D eigenvalue weighted by Gasteiger charge is 2.07. The van der Waals surface area contributed by atoms with Crippen molar-refractivity contribution in [2.24, 2.45) is 0 Å². The molecule has 127 valence electrons. The Kier molecular flexibility index (Phi) is 5.54. The van der Waals surface area contributed by atoms with Gasteiger partial charge in [0.25, 0.3) is 0 Å². The molecule has 0 saturated carbocycles. The summed E-state index contributed by atoms with van der Waals surface area (Å²) in [6, 6.07) is 18.4. The zero-order valence-corrected chi connectivity index (χ0v) is 13.7. The Bertz CT molecular complexity index is 801. The third-order valence-electron chi connectivity index (χ3n) is 4.18. The zero-order valence-electron chi connectivity index (χ0n) is 13.7. The Balaban J connectivity index is 1.53. The molecule has 0 amide bonds. The third kappa shape index (κ3) is 4.50. The summed E-state index contributed by atoms with van der Waals surface area (Å²) in [5.41, 5.74) is 3.26. The van der Waals surface area contributed by atoms with Crippen LogP contribution in [0.25, 0.3) is 11.1 Å². The number of hydrogen-bond acceptors (Lipinski definition) is 0. The highest BCUT2D eigenvalue weighted by atomic mass is 19.1. The van der Waals surface area contributed by atoms with Gasteiger partial charge in [-0.2, -0.15) is 0 Å². The molecule has 0 bridgehead atoms. The lowest BCUT2D eigenvalue weighted by atomic mass is 10.00. The minimum atomic E-state index is -0.500. The van der Waals surface area contributed by atoms with Crippen molar-refractivity contribution in [3.63, 3.8) is 0 Å². The second-order valence-electron chi connectivity index (χ2n) is 5.94. The first kappa shape index (κ1) is 17.3. The van der Waals surface area contributed by atoms with E-state index in [1.807, 2.05) is 30.7 Å². The van der Waals surface area contributed by atoms with Crippen molar-refractivity contribution in [3.05, 3.63) is 102 Å². The van der Waals surface area contributed by atoms with Crippen molar-refractivity contribution in [1.29, 1.82) is 0 Å². The van der Waals surface area contributed by atoms with E-state index in [0.717, 1.165) is 29.5 Å². The predicted molar refractivity (Wildman–Crippen MR) is 94.5 cm³/mol. The average Bonchev–Trinajstić information content (AvgIpc) is 2.62. The minimum Gasteiger partial charge on any atom is -0.207 e. The van der Waals surface area contributed by atoms with Crippen LogP contribution in [0.3, 0.4) is 0 Å². The summed E-state index contributed by atoms with van der Waals surface area (Å²) in [4.78, 5) is 0. The van der Waals surface area contributed by atoms with Gasteiger partial charge >= 0.3 is 0 Å². The van der Waals surface area contributed by atoms with Crippen LogP contribution in [-0.2, 0) is 12.8 Å². The van der Waals surface area contributed by atoms with E-state index < -0.39 is 11.6 Å². The first-order valence-electron chi connectivity index (χ1n) is 8.23.